The lowest BCUT2D eigenvalue weighted by Crippen LogP contribution is -2.33. The van der Waals surface area contributed by atoms with Crippen LogP contribution < -0.4 is 9.64 Å². The Morgan fingerprint density at radius 2 is 1.56 bits per heavy atom. The van der Waals surface area contributed by atoms with Crippen LogP contribution in [0.4, 0.5) is 5.95 Å². The Bertz CT molecular complexity index is 1480. The van der Waals surface area contributed by atoms with E-state index in [4.69, 9.17) is 28.8 Å². The fourth-order valence-electron chi connectivity index (χ4n) is 4.00. The summed E-state index contributed by atoms with van der Waals surface area (Å²) in [6, 6.07) is 13.5. The Balaban J connectivity index is 0.000000353. The molecule has 11 nitrogen and oxygen atoms in total. The van der Waals surface area contributed by atoms with Gasteiger partial charge in [-0.15, -0.1) is 0 Å². The highest BCUT2D eigenvalue weighted by Gasteiger charge is 2.21. The quantitative estimate of drug-likeness (QED) is 0.288. The highest BCUT2D eigenvalue weighted by atomic mass is 32.2. The monoisotopic (exact) mass is 557 g/mol. The van der Waals surface area contributed by atoms with Gasteiger partial charge in [0.25, 0.3) is 10.1 Å². The number of anilines is 1. The summed E-state index contributed by atoms with van der Waals surface area (Å²) < 4.78 is 47.0. The third-order valence-electron chi connectivity index (χ3n) is 5.91. The topological polar surface area (TPSA) is 128 Å². The fraction of sp³-hybridized carbons (Fsp3) is 0.370. The van der Waals surface area contributed by atoms with E-state index in [1.165, 1.54) is 12.1 Å². The lowest BCUT2D eigenvalue weighted by atomic mass is 10.0. The minimum atomic E-state index is -4.00. The van der Waals surface area contributed by atoms with Gasteiger partial charge in [0.2, 0.25) is 5.95 Å². The predicted molar refractivity (Wildman–Crippen MR) is 149 cm³/mol. The Kier molecular flexibility index (Phi) is 10.4. The molecular formula is C27H35N5O6S. The Morgan fingerprint density at radius 1 is 0.923 bits per heavy atom. The van der Waals surface area contributed by atoms with Gasteiger partial charge in [-0.05, 0) is 56.2 Å². The Labute approximate surface area is 229 Å². The first-order valence-electron chi connectivity index (χ1n) is 12.2. The molecular weight excluding hydrogens is 522 g/mol. The molecule has 0 unspecified atom stereocenters. The second-order valence-corrected chi connectivity index (χ2v) is 10.1. The number of rotatable bonds is 10. The second kappa shape index (κ2) is 13.5. The number of fused-ring (bicyclic) bond motifs is 1. The number of nitrogens with zero attached hydrogens (tertiary/aromatic N) is 5. The summed E-state index contributed by atoms with van der Waals surface area (Å²) in [7, 11) is 1.06. The number of aromatic nitrogens is 4. The fourth-order valence-corrected chi connectivity index (χ4v) is 4.50. The van der Waals surface area contributed by atoms with Crippen LogP contribution in [0.5, 0.6) is 5.75 Å². The van der Waals surface area contributed by atoms with Gasteiger partial charge < -0.3 is 19.1 Å². The average molecular weight is 558 g/mol. The van der Waals surface area contributed by atoms with Crippen molar-refractivity contribution < 1.29 is 27.2 Å². The van der Waals surface area contributed by atoms with Crippen molar-refractivity contribution >= 4 is 21.7 Å². The number of hydrogen-bond acceptors (Lipinski definition) is 9. The molecule has 4 aromatic rings. The molecule has 2 aromatic heterocycles. The van der Waals surface area contributed by atoms with Crippen molar-refractivity contribution in [2.75, 3.05) is 52.5 Å². The first-order chi connectivity index (χ1) is 18.6. The second-order valence-electron chi connectivity index (χ2n) is 8.71. The van der Waals surface area contributed by atoms with Crippen molar-refractivity contribution in [3.8, 4) is 16.9 Å². The zero-order chi connectivity index (χ0) is 28.6. The maximum atomic E-state index is 10.4. The average Bonchev–Trinajstić information content (AvgIpc) is 3.24. The summed E-state index contributed by atoms with van der Waals surface area (Å²) in [6.07, 6.45) is 0. The van der Waals surface area contributed by atoms with E-state index in [2.05, 4.69) is 22.9 Å². The summed E-state index contributed by atoms with van der Waals surface area (Å²) in [5, 5.41) is 4.79. The number of methoxy groups -OCH3 is 3. The SMILES string of the molecule is COCCN(CCOC)c1nc(C)nc2c(-c3ccc(OC)cc3C)c(C)nn12.O=S(=O)(O)c1ccccc1. The Morgan fingerprint density at radius 3 is 2.08 bits per heavy atom. The van der Waals surface area contributed by atoms with E-state index in [1.54, 1.807) is 39.5 Å². The standard InChI is InChI=1S/C21H29N5O3.C6H6O3S/c1-14-13-17(29-6)7-8-18(14)19-15(2)24-26-20(19)22-16(3)23-21(26)25(9-11-27-4)10-12-28-5;7-10(8,9)6-4-2-1-3-5-6/h7-8,13H,9-12H2,1-6H3;1-5H,(H,7,8,9). The molecule has 0 fully saturated rings. The van der Waals surface area contributed by atoms with Crippen LogP contribution >= 0.6 is 0 Å². The molecule has 0 saturated carbocycles. The highest BCUT2D eigenvalue weighted by Crippen LogP contribution is 2.33. The zero-order valence-corrected chi connectivity index (χ0v) is 23.9. The number of aryl methyl sites for hydroxylation is 3. The van der Waals surface area contributed by atoms with Crippen LogP contribution in [-0.2, 0) is 19.6 Å². The molecule has 2 aromatic carbocycles. The molecule has 2 heterocycles. The molecule has 0 aliphatic carbocycles. The number of hydrogen-bond donors (Lipinski definition) is 1. The van der Waals surface area contributed by atoms with E-state index >= 15 is 0 Å². The minimum absolute atomic E-state index is 0.0741. The maximum Gasteiger partial charge on any atom is 0.294 e. The molecule has 0 amide bonds. The van der Waals surface area contributed by atoms with Gasteiger partial charge in [0.05, 0.1) is 30.9 Å². The van der Waals surface area contributed by atoms with Gasteiger partial charge in [-0.25, -0.2) is 4.98 Å². The van der Waals surface area contributed by atoms with Crippen LogP contribution in [0.15, 0.2) is 53.4 Å². The zero-order valence-electron chi connectivity index (χ0n) is 23.1. The summed E-state index contributed by atoms with van der Waals surface area (Å²) in [4.78, 5) is 11.5. The van der Waals surface area contributed by atoms with Crippen molar-refractivity contribution in [2.45, 2.75) is 25.7 Å². The molecule has 0 aliphatic rings. The van der Waals surface area contributed by atoms with Crippen LogP contribution in [0, 0.1) is 20.8 Å². The third kappa shape index (κ3) is 7.51. The van der Waals surface area contributed by atoms with E-state index in [1.807, 2.05) is 30.5 Å². The smallest absolute Gasteiger partial charge is 0.294 e. The molecule has 0 bridgehead atoms. The van der Waals surface area contributed by atoms with Crippen molar-refractivity contribution in [3.63, 3.8) is 0 Å². The van der Waals surface area contributed by atoms with Crippen LogP contribution in [0.1, 0.15) is 17.1 Å². The van der Waals surface area contributed by atoms with Gasteiger partial charge in [-0.3, -0.25) is 4.55 Å². The van der Waals surface area contributed by atoms with Crippen LogP contribution in [-0.4, -0.2) is 80.2 Å². The molecule has 4 rings (SSSR count). The predicted octanol–water partition coefficient (Wildman–Crippen LogP) is 3.76. The van der Waals surface area contributed by atoms with E-state index in [0.29, 0.717) is 32.1 Å². The first kappa shape index (κ1) is 30.0. The lowest BCUT2D eigenvalue weighted by molar-refractivity contribution is 0.189. The minimum Gasteiger partial charge on any atom is -0.497 e. The van der Waals surface area contributed by atoms with Crippen molar-refractivity contribution in [2.24, 2.45) is 0 Å². The summed E-state index contributed by atoms with van der Waals surface area (Å²) in [5.41, 5.74) is 4.89. The molecule has 0 saturated heterocycles. The van der Waals surface area contributed by atoms with Crippen molar-refractivity contribution in [1.29, 1.82) is 0 Å². The summed E-state index contributed by atoms with van der Waals surface area (Å²) in [6.45, 7) is 8.50. The molecule has 210 valence electrons. The summed E-state index contributed by atoms with van der Waals surface area (Å²) >= 11 is 0. The van der Waals surface area contributed by atoms with Crippen molar-refractivity contribution in [1.82, 2.24) is 19.6 Å². The van der Waals surface area contributed by atoms with Gasteiger partial charge in [0.15, 0.2) is 5.65 Å². The lowest BCUT2D eigenvalue weighted by Gasteiger charge is -2.23. The third-order valence-corrected chi connectivity index (χ3v) is 6.78. The summed E-state index contributed by atoms with van der Waals surface area (Å²) in [5.74, 6) is 2.26. The van der Waals surface area contributed by atoms with Crippen LogP contribution in [0.2, 0.25) is 0 Å². The van der Waals surface area contributed by atoms with Crippen LogP contribution in [0.25, 0.3) is 16.8 Å². The molecule has 1 N–H and O–H groups in total. The van der Waals surface area contributed by atoms with Gasteiger partial charge >= 0.3 is 0 Å². The van der Waals surface area contributed by atoms with Gasteiger partial charge in [-0.1, -0.05) is 24.3 Å². The number of ether oxygens (including phenoxy) is 3. The Hall–Kier alpha value is -3.58. The molecule has 0 atom stereocenters. The molecule has 0 spiro atoms. The van der Waals surface area contributed by atoms with E-state index in [0.717, 1.165) is 39.7 Å². The molecule has 12 heteroatoms. The molecule has 0 radical (unpaired) electrons. The first-order valence-corrected chi connectivity index (χ1v) is 13.7. The van der Waals surface area contributed by atoms with Gasteiger partial charge in [0, 0.05) is 32.9 Å². The van der Waals surface area contributed by atoms with E-state index in [-0.39, 0.29) is 4.90 Å². The van der Waals surface area contributed by atoms with Crippen molar-refractivity contribution in [3.05, 3.63) is 65.6 Å². The normalized spacial score (nSPS) is 11.3. The molecule has 0 aliphatic heterocycles. The van der Waals surface area contributed by atoms with E-state index < -0.39 is 10.1 Å². The highest BCUT2D eigenvalue weighted by molar-refractivity contribution is 7.85. The maximum absolute atomic E-state index is 10.4. The largest absolute Gasteiger partial charge is 0.497 e. The van der Waals surface area contributed by atoms with Crippen LogP contribution in [0.3, 0.4) is 0 Å². The van der Waals surface area contributed by atoms with Gasteiger partial charge in [0.1, 0.15) is 11.6 Å². The van der Waals surface area contributed by atoms with E-state index in [9.17, 15) is 8.42 Å². The number of benzene rings is 2. The molecule has 39 heavy (non-hydrogen) atoms. The van der Waals surface area contributed by atoms with Gasteiger partial charge in [-0.2, -0.15) is 23.0 Å².